The van der Waals surface area contributed by atoms with E-state index in [2.05, 4.69) is 32.8 Å². The molecule has 1 aliphatic heterocycles. The van der Waals surface area contributed by atoms with Gasteiger partial charge in [-0.05, 0) is 18.9 Å². The Kier molecular flexibility index (Phi) is 7.08. The van der Waals surface area contributed by atoms with Crippen molar-refractivity contribution in [2.75, 3.05) is 0 Å². The molecule has 2 atom stereocenters. The molecule has 3 rings (SSSR count). The van der Waals surface area contributed by atoms with E-state index in [0.717, 1.165) is 4.88 Å². The Morgan fingerprint density at radius 2 is 2.23 bits per heavy atom. The van der Waals surface area contributed by atoms with Crippen LogP contribution in [0.15, 0.2) is 18.3 Å². The summed E-state index contributed by atoms with van der Waals surface area (Å²) in [5.41, 5.74) is 0.434. The van der Waals surface area contributed by atoms with E-state index in [4.69, 9.17) is 11.6 Å². The summed E-state index contributed by atoms with van der Waals surface area (Å²) >= 11 is 7.68. The molecule has 1 saturated heterocycles. The Morgan fingerprint density at radius 3 is 2.93 bits per heavy atom. The standard InChI is InChI=1S/C21H22ClFN4O2S/c1-4-5-17-24-10-15(30-17)14-8-16(28)27-20(26-14)18-13(22)7-6-12(19(18)23)9-25-21(29)11(2)3/h6-7,10-11,14,20,26H,8-9H2,1-3H3,(H,25,29)(H,27,28). The lowest BCUT2D eigenvalue weighted by Gasteiger charge is -2.32. The summed E-state index contributed by atoms with van der Waals surface area (Å²) in [7, 11) is 0. The topological polar surface area (TPSA) is 83.1 Å². The van der Waals surface area contributed by atoms with Crippen LogP contribution in [0.25, 0.3) is 0 Å². The molecule has 0 spiro atoms. The number of hydrogen-bond acceptors (Lipinski definition) is 5. The van der Waals surface area contributed by atoms with Crippen LogP contribution in [0.1, 0.15) is 60.4 Å². The molecule has 0 bridgehead atoms. The van der Waals surface area contributed by atoms with Gasteiger partial charge < -0.3 is 10.6 Å². The van der Waals surface area contributed by atoms with E-state index < -0.39 is 12.0 Å². The highest BCUT2D eigenvalue weighted by molar-refractivity contribution is 7.12. The summed E-state index contributed by atoms with van der Waals surface area (Å²) < 4.78 is 15.3. The van der Waals surface area contributed by atoms with E-state index >= 15 is 4.39 Å². The predicted molar refractivity (Wildman–Crippen MR) is 114 cm³/mol. The maximum Gasteiger partial charge on any atom is 0.223 e. The molecule has 1 aromatic carbocycles. The number of carbonyl (C=O) groups is 2. The summed E-state index contributed by atoms with van der Waals surface area (Å²) in [6.07, 6.45) is 1.06. The van der Waals surface area contributed by atoms with Crippen molar-refractivity contribution >= 4 is 34.8 Å². The van der Waals surface area contributed by atoms with Crippen molar-refractivity contribution in [2.24, 2.45) is 5.92 Å². The first-order valence-electron chi connectivity index (χ1n) is 9.48. The van der Waals surface area contributed by atoms with Crippen LogP contribution in [0.2, 0.25) is 5.02 Å². The van der Waals surface area contributed by atoms with E-state index in [1.54, 1.807) is 33.0 Å². The number of hydrogen-bond donors (Lipinski definition) is 3. The number of rotatable bonds is 5. The van der Waals surface area contributed by atoms with E-state index in [9.17, 15) is 9.59 Å². The molecule has 0 saturated carbocycles. The highest BCUT2D eigenvalue weighted by Gasteiger charge is 2.32. The molecule has 1 fully saturated rings. The van der Waals surface area contributed by atoms with Gasteiger partial charge in [0.15, 0.2) is 5.01 Å². The SMILES string of the molecule is CC#Cc1ncc(C2CC(=O)NC(c3c(Cl)ccc(CNC(=O)C(C)C)c3F)N2)s1. The third kappa shape index (κ3) is 4.98. The molecule has 9 heteroatoms. The average Bonchev–Trinajstić information content (AvgIpc) is 3.16. The Bertz CT molecular complexity index is 1030. The van der Waals surface area contributed by atoms with E-state index in [-0.39, 0.29) is 47.3 Å². The van der Waals surface area contributed by atoms with Crippen molar-refractivity contribution in [1.82, 2.24) is 20.9 Å². The van der Waals surface area contributed by atoms with E-state index in [1.807, 2.05) is 0 Å². The number of amides is 2. The van der Waals surface area contributed by atoms with Gasteiger partial charge in [0.2, 0.25) is 11.8 Å². The van der Waals surface area contributed by atoms with Gasteiger partial charge in [-0.25, -0.2) is 9.37 Å². The molecule has 3 N–H and O–H groups in total. The van der Waals surface area contributed by atoms with Gasteiger partial charge in [0, 0.05) is 41.1 Å². The van der Waals surface area contributed by atoms with Gasteiger partial charge in [0.05, 0.1) is 11.1 Å². The van der Waals surface area contributed by atoms with Gasteiger partial charge in [0.1, 0.15) is 12.0 Å². The van der Waals surface area contributed by atoms with Gasteiger partial charge in [-0.2, -0.15) is 0 Å². The summed E-state index contributed by atoms with van der Waals surface area (Å²) in [6, 6.07) is 2.76. The van der Waals surface area contributed by atoms with Crippen LogP contribution in [-0.4, -0.2) is 16.8 Å². The average molecular weight is 449 g/mol. The lowest BCUT2D eigenvalue weighted by molar-refractivity contribution is -0.125. The highest BCUT2D eigenvalue weighted by atomic mass is 35.5. The molecular weight excluding hydrogens is 427 g/mol. The van der Waals surface area contributed by atoms with Crippen molar-refractivity contribution in [3.8, 4) is 11.8 Å². The molecule has 0 radical (unpaired) electrons. The Labute approximate surface area is 183 Å². The van der Waals surface area contributed by atoms with Crippen LogP contribution < -0.4 is 16.0 Å². The Morgan fingerprint density at radius 1 is 1.47 bits per heavy atom. The third-order valence-corrected chi connectivity index (χ3v) is 5.99. The van der Waals surface area contributed by atoms with Crippen molar-refractivity contribution in [3.05, 3.63) is 50.2 Å². The van der Waals surface area contributed by atoms with Crippen LogP contribution in [0.4, 0.5) is 4.39 Å². The molecule has 2 amide bonds. The van der Waals surface area contributed by atoms with Crippen molar-refractivity contribution in [1.29, 1.82) is 0 Å². The Hall–Kier alpha value is -2.47. The van der Waals surface area contributed by atoms with Crippen LogP contribution in [0.3, 0.4) is 0 Å². The first-order valence-corrected chi connectivity index (χ1v) is 10.7. The number of aromatic nitrogens is 1. The lowest BCUT2D eigenvalue weighted by atomic mass is 10.0. The van der Waals surface area contributed by atoms with Crippen molar-refractivity contribution in [3.63, 3.8) is 0 Å². The monoisotopic (exact) mass is 448 g/mol. The van der Waals surface area contributed by atoms with Gasteiger partial charge in [-0.1, -0.05) is 37.4 Å². The Balaban J connectivity index is 1.85. The summed E-state index contributed by atoms with van der Waals surface area (Å²) in [5, 5.41) is 9.53. The fourth-order valence-corrected chi connectivity index (χ4v) is 4.20. The number of thiazole rings is 1. The normalized spacial score (nSPS) is 18.5. The first kappa shape index (κ1) is 22.2. The highest BCUT2D eigenvalue weighted by Crippen LogP contribution is 2.33. The molecule has 2 aromatic rings. The maximum atomic E-state index is 15.3. The summed E-state index contributed by atoms with van der Waals surface area (Å²) in [5.74, 6) is 4.51. The molecular formula is C21H22ClFN4O2S. The van der Waals surface area contributed by atoms with Crippen molar-refractivity contribution < 1.29 is 14.0 Å². The summed E-state index contributed by atoms with van der Waals surface area (Å²) in [4.78, 5) is 29.3. The van der Waals surface area contributed by atoms with E-state index in [1.165, 1.54) is 17.4 Å². The number of benzene rings is 1. The predicted octanol–water partition coefficient (Wildman–Crippen LogP) is 3.43. The quantitative estimate of drug-likeness (QED) is 0.612. The van der Waals surface area contributed by atoms with Gasteiger partial charge in [-0.3, -0.25) is 14.9 Å². The minimum absolute atomic E-state index is 0.0327. The van der Waals surface area contributed by atoms with Crippen LogP contribution >= 0.6 is 22.9 Å². The minimum atomic E-state index is -0.813. The molecule has 30 heavy (non-hydrogen) atoms. The molecule has 1 aromatic heterocycles. The summed E-state index contributed by atoms with van der Waals surface area (Å²) in [6.45, 7) is 5.28. The number of carbonyl (C=O) groups excluding carboxylic acids is 2. The molecule has 2 unspecified atom stereocenters. The largest absolute Gasteiger partial charge is 0.352 e. The van der Waals surface area contributed by atoms with Crippen molar-refractivity contribution in [2.45, 2.75) is 45.9 Å². The van der Waals surface area contributed by atoms with Crippen LogP contribution in [-0.2, 0) is 16.1 Å². The zero-order valence-electron chi connectivity index (χ0n) is 16.8. The molecule has 2 heterocycles. The van der Waals surface area contributed by atoms with Crippen LogP contribution in [0, 0.1) is 23.6 Å². The smallest absolute Gasteiger partial charge is 0.223 e. The third-order valence-electron chi connectivity index (χ3n) is 4.63. The molecule has 0 aliphatic carbocycles. The second-order valence-corrected chi connectivity index (χ2v) is 8.64. The van der Waals surface area contributed by atoms with Gasteiger partial charge in [0.25, 0.3) is 0 Å². The molecule has 158 valence electrons. The van der Waals surface area contributed by atoms with Crippen LogP contribution in [0.5, 0.6) is 0 Å². The van der Waals surface area contributed by atoms with Gasteiger partial charge >= 0.3 is 0 Å². The van der Waals surface area contributed by atoms with Gasteiger partial charge in [-0.15, -0.1) is 11.3 Å². The maximum absolute atomic E-state index is 15.3. The zero-order chi connectivity index (χ0) is 21.8. The second-order valence-electron chi connectivity index (χ2n) is 7.17. The minimum Gasteiger partial charge on any atom is -0.352 e. The van der Waals surface area contributed by atoms with E-state index in [0.29, 0.717) is 10.6 Å². The molecule has 6 nitrogen and oxygen atoms in total. The number of nitrogens with zero attached hydrogens (tertiary/aromatic N) is 1. The number of nitrogens with one attached hydrogen (secondary N) is 3. The zero-order valence-corrected chi connectivity index (χ0v) is 18.4. The fraction of sp³-hybridized carbons (Fsp3) is 0.381. The second kappa shape index (κ2) is 9.56. The fourth-order valence-electron chi connectivity index (χ4n) is 3.06. The lowest BCUT2D eigenvalue weighted by Crippen LogP contribution is -2.47. The first-order chi connectivity index (χ1) is 14.3. The number of halogens is 2. The molecule has 1 aliphatic rings.